The molecule has 3 fully saturated rings. The van der Waals surface area contributed by atoms with Crippen LogP contribution in [0.25, 0.3) is 6.08 Å². The number of hydrogen-bond donors (Lipinski definition) is 1. The van der Waals surface area contributed by atoms with Gasteiger partial charge in [-0.2, -0.15) is 0 Å². The second-order valence-corrected chi connectivity index (χ2v) is 8.87. The molecule has 1 aliphatic heterocycles. The first-order chi connectivity index (χ1) is 13.2. The molecule has 148 valence electrons. The molecule has 2 saturated carbocycles. The van der Waals surface area contributed by atoms with Crippen LogP contribution >= 0.6 is 0 Å². The first kappa shape index (κ1) is 19.2. The van der Waals surface area contributed by atoms with Crippen LogP contribution in [0.15, 0.2) is 29.8 Å². The largest absolute Gasteiger partial charge is 0.385 e. The molecule has 1 aromatic carbocycles. The maximum atomic E-state index is 11.2. The SMILES string of the molecule is COC1CCCC(O)(c2ccc(C=C3CCN(C4CCC4)CC3)cc2)CC1. The summed E-state index contributed by atoms with van der Waals surface area (Å²) in [4.78, 5) is 2.69. The summed E-state index contributed by atoms with van der Waals surface area (Å²) in [5.41, 5.74) is 3.24. The molecule has 3 heteroatoms. The van der Waals surface area contributed by atoms with Gasteiger partial charge >= 0.3 is 0 Å². The lowest BCUT2D eigenvalue weighted by atomic mass is 9.86. The van der Waals surface area contributed by atoms with E-state index in [4.69, 9.17) is 4.74 Å². The van der Waals surface area contributed by atoms with Crippen molar-refractivity contribution in [3.8, 4) is 0 Å². The second-order valence-electron chi connectivity index (χ2n) is 8.87. The lowest BCUT2D eigenvalue weighted by molar-refractivity contribution is 0.0137. The summed E-state index contributed by atoms with van der Waals surface area (Å²) in [6.45, 7) is 2.46. The summed E-state index contributed by atoms with van der Waals surface area (Å²) >= 11 is 0. The fourth-order valence-corrected chi connectivity index (χ4v) is 5.01. The van der Waals surface area contributed by atoms with Crippen LogP contribution in [0.4, 0.5) is 0 Å². The minimum absolute atomic E-state index is 0.300. The van der Waals surface area contributed by atoms with Gasteiger partial charge in [-0.25, -0.2) is 0 Å². The summed E-state index contributed by atoms with van der Waals surface area (Å²) in [6, 6.07) is 9.55. The Kier molecular flexibility index (Phi) is 6.01. The number of rotatable bonds is 4. The van der Waals surface area contributed by atoms with Gasteiger partial charge in [-0.1, -0.05) is 42.3 Å². The highest BCUT2D eigenvalue weighted by atomic mass is 16.5. The van der Waals surface area contributed by atoms with Gasteiger partial charge in [0.05, 0.1) is 11.7 Å². The Morgan fingerprint density at radius 3 is 2.37 bits per heavy atom. The van der Waals surface area contributed by atoms with Gasteiger partial charge in [0.1, 0.15) is 0 Å². The molecule has 0 spiro atoms. The van der Waals surface area contributed by atoms with Crippen LogP contribution in [0.3, 0.4) is 0 Å². The highest BCUT2D eigenvalue weighted by Gasteiger charge is 2.32. The third kappa shape index (κ3) is 4.47. The number of hydrogen-bond acceptors (Lipinski definition) is 3. The van der Waals surface area contributed by atoms with Gasteiger partial charge in [-0.15, -0.1) is 0 Å². The van der Waals surface area contributed by atoms with Gasteiger partial charge in [0.25, 0.3) is 0 Å². The van der Waals surface area contributed by atoms with Gasteiger partial charge in [0.2, 0.25) is 0 Å². The molecular formula is C24H35NO2. The fourth-order valence-electron chi connectivity index (χ4n) is 5.01. The van der Waals surface area contributed by atoms with Crippen LogP contribution in [-0.4, -0.2) is 42.4 Å². The number of piperidine rings is 1. The van der Waals surface area contributed by atoms with E-state index in [9.17, 15) is 5.11 Å². The summed E-state index contributed by atoms with van der Waals surface area (Å²) in [5, 5.41) is 11.2. The van der Waals surface area contributed by atoms with E-state index in [2.05, 4.69) is 35.2 Å². The van der Waals surface area contributed by atoms with Crippen molar-refractivity contribution < 1.29 is 9.84 Å². The Labute approximate surface area is 164 Å². The van der Waals surface area contributed by atoms with Crippen molar-refractivity contribution in [2.75, 3.05) is 20.2 Å². The summed E-state index contributed by atoms with van der Waals surface area (Å²) < 4.78 is 5.51. The molecule has 1 N–H and O–H groups in total. The Hall–Kier alpha value is -1.16. The zero-order valence-electron chi connectivity index (χ0n) is 16.8. The van der Waals surface area contributed by atoms with Crippen LogP contribution in [-0.2, 0) is 10.3 Å². The van der Waals surface area contributed by atoms with Crippen LogP contribution in [0.5, 0.6) is 0 Å². The Balaban J connectivity index is 1.37. The third-order valence-electron chi connectivity index (χ3n) is 7.18. The predicted molar refractivity (Wildman–Crippen MR) is 111 cm³/mol. The first-order valence-corrected chi connectivity index (χ1v) is 11.0. The van der Waals surface area contributed by atoms with Gasteiger partial charge < -0.3 is 9.84 Å². The molecule has 3 nitrogen and oxygen atoms in total. The quantitative estimate of drug-likeness (QED) is 0.768. The third-order valence-corrected chi connectivity index (χ3v) is 7.18. The molecule has 2 aliphatic carbocycles. The topological polar surface area (TPSA) is 32.7 Å². The van der Waals surface area contributed by atoms with Crippen molar-refractivity contribution in [2.24, 2.45) is 0 Å². The van der Waals surface area contributed by atoms with Gasteiger partial charge in [-0.3, -0.25) is 4.90 Å². The standard InChI is InChI=1S/C24H35NO2/c1-27-23-6-3-14-24(26,15-11-23)21-9-7-19(8-10-21)18-20-12-16-25(17-13-20)22-4-2-5-22/h7-10,18,22-23,26H,2-6,11-17H2,1H3. The maximum absolute atomic E-state index is 11.2. The van der Waals surface area contributed by atoms with E-state index in [1.807, 2.05) is 0 Å². The summed E-state index contributed by atoms with van der Waals surface area (Å²) in [7, 11) is 1.79. The van der Waals surface area contributed by atoms with E-state index < -0.39 is 5.60 Å². The minimum Gasteiger partial charge on any atom is -0.385 e. The molecule has 2 atom stereocenters. The number of nitrogens with zero attached hydrogens (tertiary/aromatic N) is 1. The molecule has 0 amide bonds. The highest BCUT2D eigenvalue weighted by Crippen LogP contribution is 2.37. The van der Waals surface area contributed by atoms with Crippen molar-refractivity contribution in [1.29, 1.82) is 0 Å². The van der Waals surface area contributed by atoms with Crippen LogP contribution < -0.4 is 0 Å². The van der Waals surface area contributed by atoms with Crippen LogP contribution in [0.2, 0.25) is 0 Å². The molecular weight excluding hydrogens is 334 g/mol. The Morgan fingerprint density at radius 2 is 1.74 bits per heavy atom. The number of ether oxygens (including phenoxy) is 1. The van der Waals surface area contributed by atoms with Gasteiger partial charge in [0, 0.05) is 26.2 Å². The molecule has 0 aromatic heterocycles. The molecule has 3 aliphatic rings. The maximum Gasteiger partial charge on any atom is 0.0897 e. The average molecular weight is 370 g/mol. The number of benzene rings is 1. The lowest BCUT2D eigenvalue weighted by Gasteiger charge is -2.40. The van der Waals surface area contributed by atoms with Crippen LogP contribution in [0.1, 0.15) is 75.3 Å². The normalized spacial score (nSPS) is 30.6. The zero-order valence-corrected chi connectivity index (χ0v) is 16.8. The Bertz CT molecular complexity index is 639. The molecule has 2 unspecified atom stereocenters. The van der Waals surface area contributed by atoms with E-state index in [1.165, 1.54) is 50.8 Å². The van der Waals surface area contributed by atoms with Crippen molar-refractivity contribution in [1.82, 2.24) is 4.90 Å². The van der Waals surface area contributed by atoms with Crippen molar-refractivity contribution in [3.63, 3.8) is 0 Å². The molecule has 0 radical (unpaired) electrons. The molecule has 1 aromatic rings. The predicted octanol–water partition coefficient (Wildman–Crippen LogP) is 4.89. The molecule has 1 saturated heterocycles. The molecule has 4 rings (SSSR count). The molecule has 0 bridgehead atoms. The van der Waals surface area contributed by atoms with Crippen LogP contribution in [0, 0.1) is 0 Å². The molecule has 27 heavy (non-hydrogen) atoms. The van der Waals surface area contributed by atoms with Gasteiger partial charge in [0.15, 0.2) is 0 Å². The number of likely N-dealkylation sites (tertiary alicyclic amines) is 1. The summed E-state index contributed by atoms with van der Waals surface area (Å²) in [5.74, 6) is 0. The van der Waals surface area contributed by atoms with E-state index in [-0.39, 0.29) is 0 Å². The second kappa shape index (κ2) is 8.46. The zero-order chi connectivity index (χ0) is 18.7. The van der Waals surface area contributed by atoms with E-state index in [1.54, 1.807) is 12.7 Å². The van der Waals surface area contributed by atoms with E-state index in [0.29, 0.717) is 6.10 Å². The van der Waals surface area contributed by atoms with Crippen molar-refractivity contribution in [3.05, 3.63) is 41.0 Å². The summed E-state index contributed by atoms with van der Waals surface area (Å²) in [6.07, 6.45) is 14.0. The smallest absolute Gasteiger partial charge is 0.0897 e. The number of methoxy groups -OCH3 is 1. The van der Waals surface area contributed by atoms with Crippen molar-refractivity contribution in [2.45, 2.75) is 82.0 Å². The van der Waals surface area contributed by atoms with E-state index >= 15 is 0 Å². The Morgan fingerprint density at radius 1 is 1.00 bits per heavy atom. The lowest BCUT2D eigenvalue weighted by Crippen LogP contribution is -2.43. The first-order valence-electron chi connectivity index (χ1n) is 11.0. The minimum atomic E-state index is -0.687. The monoisotopic (exact) mass is 369 g/mol. The average Bonchev–Trinajstić information content (AvgIpc) is 2.85. The fraction of sp³-hybridized carbons (Fsp3) is 0.667. The van der Waals surface area contributed by atoms with Crippen molar-refractivity contribution >= 4 is 6.08 Å². The number of aliphatic hydroxyl groups is 1. The highest BCUT2D eigenvalue weighted by molar-refractivity contribution is 5.54. The van der Waals surface area contributed by atoms with Gasteiger partial charge in [-0.05, 0) is 68.9 Å². The molecule has 1 heterocycles. The van der Waals surface area contributed by atoms with E-state index in [0.717, 1.165) is 43.7 Å².